The van der Waals surface area contributed by atoms with E-state index in [1.165, 1.54) is 10.8 Å². The summed E-state index contributed by atoms with van der Waals surface area (Å²) in [6.45, 7) is 2.69. The summed E-state index contributed by atoms with van der Waals surface area (Å²) in [6.07, 6.45) is 0. The molecule has 0 fully saturated rings. The number of halogens is 1. The third kappa shape index (κ3) is 2.24. The van der Waals surface area contributed by atoms with Crippen LogP contribution in [0.4, 0.5) is 0 Å². The van der Waals surface area contributed by atoms with E-state index in [0.29, 0.717) is 12.5 Å². The molecule has 2 heteroatoms. The highest BCUT2D eigenvalue weighted by Crippen LogP contribution is 2.22. The molecule has 0 saturated carbocycles. The lowest BCUT2D eigenvalue weighted by atomic mass is 10.1. The Morgan fingerprint density at radius 2 is 1.80 bits per heavy atom. The number of alkyl halides is 1. The number of rotatable bonds is 3. The van der Waals surface area contributed by atoms with Crippen molar-refractivity contribution >= 4 is 22.4 Å². The number of hydrogen-bond donors (Lipinski definition) is 0. The zero-order valence-electron chi connectivity index (χ0n) is 8.66. The molecule has 0 unspecified atom stereocenters. The molecule has 0 aromatic heterocycles. The zero-order valence-corrected chi connectivity index (χ0v) is 9.42. The van der Waals surface area contributed by atoms with Gasteiger partial charge in [-0.2, -0.15) is 0 Å². The molecule has 15 heavy (non-hydrogen) atoms. The lowest BCUT2D eigenvalue weighted by molar-refractivity contribution is 0.341. The molecule has 2 rings (SSSR count). The van der Waals surface area contributed by atoms with Crippen LogP contribution in [0.2, 0.25) is 0 Å². The van der Waals surface area contributed by atoms with Crippen molar-refractivity contribution in [3.63, 3.8) is 0 Å². The van der Waals surface area contributed by atoms with Gasteiger partial charge in [0.25, 0.3) is 0 Å². The highest BCUT2D eigenvalue weighted by Gasteiger charge is 1.98. The van der Waals surface area contributed by atoms with Crippen molar-refractivity contribution in [3.8, 4) is 5.75 Å². The van der Waals surface area contributed by atoms with Crippen LogP contribution >= 0.6 is 11.6 Å². The first-order chi connectivity index (χ1) is 7.33. The Labute approximate surface area is 94.6 Å². The molecular weight excluding hydrogens is 208 g/mol. The molecule has 0 N–H and O–H groups in total. The quantitative estimate of drug-likeness (QED) is 0.711. The van der Waals surface area contributed by atoms with Gasteiger partial charge in [0.05, 0.1) is 6.61 Å². The molecule has 78 valence electrons. The fraction of sp³-hybridized carbons (Fsp3) is 0.231. The number of ether oxygens (including phenoxy) is 1. The zero-order chi connectivity index (χ0) is 10.7. The number of hydrogen-bond acceptors (Lipinski definition) is 1. The molecule has 0 saturated heterocycles. The first-order valence-corrected chi connectivity index (χ1v) is 5.58. The Kier molecular flexibility index (Phi) is 3.12. The summed E-state index contributed by atoms with van der Waals surface area (Å²) >= 11 is 5.78. The van der Waals surface area contributed by atoms with E-state index < -0.39 is 0 Å². The second kappa shape index (κ2) is 4.54. The largest absolute Gasteiger partial charge is 0.494 e. The minimum absolute atomic E-state index is 0.559. The maximum Gasteiger partial charge on any atom is 0.119 e. The van der Waals surface area contributed by atoms with Crippen molar-refractivity contribution in [1.82, 2.24) is 0 Å². The highest BCUT2D eigenvalue weighted by atomic mass is 35.5. The van der Waals surface area contributed by atoms with E-state index in [9.17, 15) is 0 Å². The second-order valence-corrected chi connectivity index (χ2v) is 3.68. The predicted octanol–water partition coefficient (Wildman–Crippen LogP) is 3.98. The van der Waals surface area contributed by atoms with Gasteiger partial charge in [-0.05, 0) is 41.5 Å². The molecule has 0 radical (unpaired) electrons. The number of benzene rings is 2. The van der Waals surface area contributed by atoms with Gasteiger partial charge in [0.1, 0.15) is 5.75 Å². The number of fused-ring (bicyclic) bond motifs is 1. The normalized spacial score (nSPS) is 10.5. The fourth-order valence-corrected chi connectivity index (χ4v) is 1.78. The van der Waals surface area contributed by atoms with E-state index in [2.05, 4.69) is 24.3 Å². The molecule has 0 spiro atoms. The highest BCUT2D eigenvalue weighted by molar-refractivity contribution is 6.17. The topological polar surface area (TPSA) is 9.23 Å². The minimum Gasteiger partial charge on any atom is -0.494 e. The van der Waals surface area contributed by atoms with Gasteiger partial charge < -0.3 is 4.74 Å². The third-order valence-corrected chi connectivity index (χ3v) is 2.65. The minimum atomic E-state index is 0.559. The Morgan fingerprint density at radius 3 is 2.53 bits per heavy atom. The first-order valence-electron chi connectivity index (χ1n) is 5.05. The molecule has 0 atom stereocenters. The molecule has 0 aliphatic heterocycles. The fourth-order valence-electron chi connectivity index (χ4n) is 1.61. The van der Waals surface area contributed by atoms with E-state index >= 15 is 0 Å². The van der Waals surface area contributed by atoms with Crippen molar-refractivity contribution < 1.29 is 4.74 Å². The van der Waals surface area contributed by atoms with Crippen molar-refractivity contribution in [2.24, 2.45) is 0 Å². The second-order valence-electron chi connectivity index (χ2n) is 3.41. The average Bonchev–Trinajstić information content (AvgIpc) is 2.29. The summed E-state index contributed by atoms with van der Waals surface area (Å²) in [5.41, 5.74) is 1.15. The molecule has 2 aromatic rings. The van der Waals surface area contributed by atoms with Crippen LogP contribution in [-0.2, 0) is 5.88 Å². The Hall–Kier alpha value is -1.21. The van der Waals surface area contributed by atoms with Crippen LogP contribution in [-0.4, -0.2) is 6.61 Å². The summed E-state index contributed by atoms with van der Waals surface area (Å²) in [5.74, 6) is 1.48. The third-order valence-electron chi connectivity index (χ3n) is 2.34. The summed E-state index contributed by atoms with van der Waals surface area (Å²) in [5, 5.41) is 2.39. The van der Waals surface area contributed by atoms with Crippen LogP contribution < -0.4 is 4.74 Å². The van der Waals surface area contributed by atoms with Gasteiger partial charge in [-0.25, -0.2) is 0 Å². The van der Waals surface area contributed by atoms with E-state index in [1.54, 1.807) is 0 Å². The molecule has 0 aliphatic carbocycles. The van der Waals surface area contributed by atoms with Crippen LogP contribution in [0.3, 0.4) is 0 Å². The molecule has 1 nitrogen and oxygen atoms in total. The predicted molar refractivity (Wildman–Crippen MR) is 64.7 cm³/mol. The van der Waals surface area contributed by atoms with Gasteiger partial charge in [0, 0.05) is 5.88 Å². The monoisotopic (exact) mass is 220 g/mol. The molecule has 0 heterocycles. The SMILES string of the molecule is CCOc1ccc2cc(CCl)ccc2c1. The van der Waals surface area contributed by atoms with E-state index in [-0.39, 0.29) is 0 Å². The molecule has 0 bridgehead atoms. The Bertz CT molecular complexity index is 465. The van der Waals surface area contributed by atoms with Gasteiger partial charge >= 0.3 is 0 Å². The van der Waals surface area contributed by atoms with Crippen LogP contribution in [0.15, 0.2) is 36.4 Å². The lowest BCUT2D eigenvalue weighted by Gasteiger charge is -2.05. The van der Waals surface area contributed by atoms with Gasteiger partial charge in [-0.1, -0.05) is 18.2 Å². The maximum absolute atomic E-state index is 5.78. The smallest absolute Gasteiger partial charge is 0.119 e. The van der Waals surface area contributed by atoms with Crippen LogP contribution in [0.25, 0.3) is 10.8 Å². The summed E-state index contributed by atoms with van der Waals surface area (Å²) < 4.78 is 5.44. The van der Waals surface area contributed by atoms with Crippen molar-refractivity contribution in [2.45, 2.75) is 12.8 Å². The van der Waals surface area contributed by atoms with Gasteiger partial charge in [0.2, 0.25) is 0 Å². The summed E-state index contributed by atoms with van der Waals surface area (Å²) in [6, 6.07) is 12.3. The summed E-state index contributed by atoms with van der Waals surface area (Å²) in [4.78, 5) is 0. The standard InChI is InChI=1S/C13H13ClO/c1-2-15-13-6-5-11-7-10(9-14)3-4-12(11)8-13/h3-8H,2,9H2,1H3. The van der Waals surface area contributed by atoms with Crippen molar-refractivity contribution in [1.29, 1.82) is 0 Å². The van der Waals surface area contributed by atoms with Crippen molar-refractivity contribution in [2.75, 3.05) is 6.61 Å². The van der Waals surface area contributed by atoms with Gasteiger partial charge in [0.15, 0.2) is 0 Å². The van der Waals surface area contributed by atoms with Crippen LogP contribution in [0.1, 0.15) is 12.5 Å². The van der Waals surface area contributed by atoms with Crippen LogP contribution in [0.5, 0.6) is 5.75 Å². The van der Waals surface area contributed by atoms with Gasteiger partial charge in [-0.3, -0.25) is 0 Å². The van der Waals surface area contributed by atoms with E-state index in [0.717, 1.165) is 11.3 Å². The average molecular weight is 221 g/mol. The Balaban J connectivity index is 2.45. The summed E-state index contributed by atoms with van der Waals surface area (Å²) in [7, 11) is 0. The van der Waals surface area contributed by atoms with Crippen molar-refractivity contribution in [3.05, 3.63) is 42.0 Å². The van der Waals surface area contributed by atoms with Gasteiger partial charge in [-0.15, -0.1) is 11.6 Å². The van der Waals surface area contributed by atoms with Crippen LogP contribution in [0, 0.1) is 0 Å². The van der Waals surface area contributed by atoms with E-state index in [4.69, 9.17) is 16.3 Å². The lowest BCUT2D eigenvalue weighted by Crippen LogP contribution is -1.90. The molecule has 0 aliphatic rings. The molecular formula is C13H13ClO. The van der Waals surface area contributed by atoms with E-state index in [1.807, 2.05) is 19.1 Å². The Morgan fingerprint density at radius 1 is 1.07 bits per heavy atom. The molecule has 2 aromatic carbocycles. The molecule has 0 amide bonds. The first kappa shape index (κ1) is 10.3. The maximum atomic E-state index is 5.78.